The summed E-state index contributed by atoms with van der Waals surface area (Å²) in [4.78, 5) is 7.73. The molecular formula is C26H28N2O3S. The Morgan fingerprint density at radius 2 is 1.88 bits per heavy atom. The lowest BCUT2D eigenvalue weighted by molar-refractivity contribution is 0.182. The van der Waals surface area contributed by atoms with E-state index in [1.54, 1.807) is 30.1 Å². The third-order valence-corrected chi connectivity index (χ3v) is 7.40. The molecular weight excluding hydrogens is 420 g/mol. The van der Waals surface area contributed by atoms with Gasteiger partial charge >= 0.3 is 0 Å². The van der Waals surface area contributed by atoms with Crippen molar-refractivity contribution >= 4 is 11.8 Å². The monoisotopic (exact) mass is 448 g/mol. The van der Waals surface area contributed by atoms with Crippen LogP contribution in [0.25, 0.3) is 0 Å². The Morgan fingerprint density at radius 3 is 2.66 bits per heavy atom. The Labute approximate surface area is 193 Å². The van der Waals surface area contributed by atoms with Crippen molar-refractivity contribution in [2.24, 2.45) is 0 Å². The second-order valence-corrected chi connectivity index (χ2v) is 9.50. The first-order valence-corrected chi connectivity index (χ1v) is 12.2. The molecule has 5 nitrogen and oxygen atoms in total. The minimum atomic E-state index is -0.163. The first-order chi connectivity index (χ1) is 15.8. The van der Waals surface area contributed by atoms with Crippen molar-refractivity contribution in [3.05, 3.63) is 78.1 Å². The summed E-state index contributed by atoms with van der Waals surface area (Å²) in [6, 6.07) is 17.5. The van der Waals surface area contributed by atoms with E-state index in [-0.39, 0.29) is 17.1 Å². The number of aromatic hydroxyl groups is 1. The third kappa shape index (κ3) is 4.87. The van der Waals surface area contributed by atoms with Crippen LogP contribution in [0.3, 0.4) is 0 Å². The zero-order chi connectivity index (χ0) is 21.8. The molecule has 2 aliphatic rings. The Kier molecular flexibility index (Phi) is 6.51. The number of hydrogen-bond acceptors (Lipinski definition) is 6. The molecule has 6 heteroatoms. The zero-order valence-electron chi connectivity index (χ0n) is 18.0. The SMILES string of the molecule is Oc1ccc2c(c1)S[C@H](c1cccnc1)[C@H](c1ccc(OCCN3CCCCC3)cc1)O2. The summed E-state index contributed by atoms with van der Waals surface area (Å²) in [5, 5.41) is 9.95. The molecule has 3 aromatic rings. The maximum Gasteiger partial charge on any atom is 0.140 e. The Hall–Kier alpha value is -2.70. The molecule has 3 heterocycles. The highest BCUT2D eigenvalue weighted by Crippen LogP contribution is 2.53. The number of rotatable bonds is 6. The van der Waals surface area contributed by atoms with Crippen LogP contribution in [0.2, 0.25) is 0 Å². The van der Waals surface area contributed by atoms with Crippen molar-refractivity contribution in [1.82, 2.24) is 9.88 Å². The molecule has 2 aliphatic heterocycles. The van der Waals surface area contributed by atoms with E-state index in [4.69, 9.17) is 9.47 Å². The quantitative estimate of drug-likeness (QED) is 0.528. The van der Waals surface area contributed by atoms with E-state index in [2.05, 4.69) is 28.1 Å². The molecule has 1 N–H and O–H groups in total. The second kappa shape index (κ2) is 9.84. The van der Waals surface area contributed by atoms with Crippen molar-refractivity contribution in [2.45, 2.75) is 35.5 Å². The van der Waals surface area contributed by atoms with Crippen LogP contribution in [-0.4, -0.2) is 41.2 Å². The molecule has 2 atom stereocenters. The van der Waals surface area contributed by atoms with Crippen LogP contribution in [0.15, 0.2) is 71.9 Å². The number of pyridine rings is 1. The summed E-state index contributed by atoms with van der Waals surface area (Å²) >= 11 is 1.70. The maximum atomic E-state index is 9.91. The molecule has 0 spiro atoms. The van der Waals surface area contributed by atoms with E-state index >= 15 is 0 Å². The summed E-state index contributed by atoms with van der Waals surface area (Å²) < 4.78 is 12.4. The smallest absolute Gasteiger partial charge is 0.140 e. The number of piperidine rings is 1. The Morgan fingerprint density at radius 1 is 1.03 bits per heavy atom. The van der Waals surface area contributed by atoms with Gasteiger partial charge in [-0.2, -0.15) is 0 Å². The standard InChI is InChI=1S/C26H28N2O3S/c29-21-8-11-23-24(17-21)32-26(20-5-4-12-27-18-20)25(31-23)19-6-9-22(10-7-19)30-16-15-28-13-2-1-3-14-28/h4-12,17-18,25-26,29H,1-3,13-16H2/t25-,26+/m0/s1. The molecule has 32 heavy (non-hydrogen) atoms. The Bertz CT molecular complexity index is 1020. The fraction of sp³-hybridized carbons (Fsp3) is 0.346. The topological polar surface area (TPSA) is 54.8 Å². The van der Waals surface area contributed by atoms with Crippen molar-refractivity contribution < 1.29 is 14.6 Å². The van der Waals surface area contributed by atoms with Crippen molar-refractivity contribution in [3.8, 4) is 17.2 Å². The van der Waals surface area contributed by atoms with Crippen LogP contribution < -0.4 is 9.47 Å². The molecule has 0 bridgehead atoms. The molecule has 5 rings (SSSR count). The fourth-order valence-electron chi connectivity index (χ4n) is 4.34. The first kappa shape index (κ1) is 21.2. The van der Waals surface area contributed by atoms with Crippen molar-refractivity contribution in [3.63, 3.8) is 0 Å². The van der Waals surface area contributed by atoms with Crippen molar-refractivity contribution in [2.75, 3.05) is 26.2 Å². The van der Waals surface area contributed by atoms with Gasteiger partial charge in [-0.3, -0.25) is 9.88 Å². The van der Waals surface area contributed by atoms with Gasteiger partial charge < -0.3 is 14.6 Å². The van der Waals surface area contributed by atoms with E-state index in [0.29, 0.717) is 6.61 Å². The van der Waals surface area contributed by atoms with E-state index in [1.807, 2.05) is 30.5 Å². The van der Waals surface area contributed by atoms with E-state index in [0.717, 1.165) is 34.1 Å². The average molecular weight is 449 g/mol. The summed E-state index contributed by atoms with van der Waals surface area (Å²) in [6.07, 6.45) is 7.46. The van der Waals surface area contributed by atoms with Gasteiger partial charge in [-0.05, 0) is 73.5 Å². The predicted octanol–water partition coefficient (Wildman–Crippen LogP) is 5.62. The highest BCUT2D eigenvalue weighted by molar-refractivity contribution is 7.99. The largest absolute Gasteiger partial charge is 0.508 e. The first-order valence-electron chi connectivity index (χ1n) is 11.3. The third-order valence-electron chi connectivity index (χ3n) is 6.06. The number of thioether (sulfide) groups is 1. The predicted molar refractivity (Wildman–Crippen MR) is 127 cm³/mol. The lowest BCUT2D eigenvalue weighted by atomic mass is 10.0. The van der Waals surface area contributed by atoms with Gasteiger partial charge in [0, 0.05) is 18.9 Å². The highest BCUT2D eigenvalue weighted by Gasteiger charge is 2.33. The van der Waals surface area contributed by atoms with E-state index in [9.17, 15) is 5.11 Å². The van der Waals surface area contributed by atoms with E-state index < -0.39 is 0 Å². The molecule has 0 aliphatic carbocycles. The van der Waals surface area contributed by atoms with Gasteiger partial charge in [-0.25, -0.2) is 0 Å². The van der Waals surface area contributed by atoms with E-state index in [1.165, 1.54) is 32.4 Å². The molecule has 0 radical (unpaired) electrons. The van der Waals surface area contributed by atoms with Gasteiger partial charge in [0.1, 0.15) is 30.0 Å². The summed E-state index contributed by atoms with van der Waals surface area (Å²) in [6.45, 7) is 4.07. The van der Waals surface area contributed by atoms with Crippen LogP contribution in [-0.2, 0) is 0 Å². The number of phenols is 1. The fourth-order valence-corrected chi connectivity index (χ4v) is 5.65. The molecule has 2 aromatic carbocycles. The van der Waals surface area contributed by atoms with Gasteiger partial charge in [0.2, 0.25) is 0 Å². The van der Waals surface area contributed by atoms with Gasteiger partial charge in [0.05, 0.1) is 10.1 Å². The van der Waals surface area contributed by atoms with Gasteiger partial charge in [-0.1, -0.05) is 24.6 Å². The lowest BCUT2D eigenvalue weighted by Gasteiger charge is -2.33. The number of ether oxygens (including phenoxy) is 2. The highest BCUT2D eigenvalue weighted by atomic mass is 32.2. The summed E-state index contributed by atoms with van der Waals surface area (Å²) in [5.74, 6) is 1.92. The van der Waals surface area contributed by atoms with Gasteiger partial charge in [0.25, 0.3) is 0 Å². The minimum Gasteiger partial charge on any atom is -0.508 e. The van der Waals surface area contributed by atoms with Gasteiger partial charge in [-0.15, -0.1) is 11.8 Å². The molecule has 0 unspecified atom stereocenters. The van der Waals surface area contributed by atoms with Crippen LogP contribution in [0.5, 0.6) is 17.2 Å². The average Bonchev–Trinajstić information content (AvgIpc) is 2.85. The number of fused-ring (bicyclic) bond motifs is 1. The van der Waals surface area contributed by atoms with Crippen LogP contribution in [0, 0.1) is 0 Å². The Balaban J connectivity index is 1.31. The van der Waals surface area contributed by atoms with Crippen LogP contribution in [0.4, 0.5) is 0 Å². The number of hydrogen-bond donors (Lipinski definition) is 1. The number of benzene rings is 2. The number of aromatic nitrogens is 1. The number of phenolic OH excluding ortho intramolecular Hbond substituents is 1. The van der Waals surface area contributed by atoms with Crippen LogP contribution >= 0.6 is 11.8 Å². The molecule has 1 aromatic heterocycles. The maximum absolute atomic E-state index is 9.91. The molecule has 1 saturated heterocycles. The molecule has 166 valence electrons. The molecule has 0 saturated carbocycles. The van der Waals surface area contributed by atoms with Crippen molar-refractivity contribution in [1.29, 1.82) is 0 Å². The van der Waals surface area contributed by atoms with Gasteiger partial charge in [0.15, 0.2) is 0 Å². The summed E-state index contributed by atoms with van der Waals surface area (Å²) in [5.41, 5.74) is 2.19. The number of nitrogens with zero attached hydrogens (tertiary/aromatic N) is 2. The molecule has 1 fully saturated rings. The normalized spacial score (nSPS) is 20.9. The minimum absolute atomic E-state index is 0.0314. The number of likely N-dealkylation sites (tertiary alicyclic amines) is 1. The lowest BCUT2D eigenvalue weighted by Crippen LogP contribution is -2.33. The van der Waals surface area contributed by atoms with Crippen LogP contribution in [0.1, 0.15) is 41.7 Å². The second-order valence-electron chi connectivity index (χ2n) is 8.31. The summed E-state index contributed by atoms with van der Waals surface area (Å²) in [7, 11) is 0. The molecule has 0 amide bonds. The zero-order valence-corrected chi connectivity index (χ0v) is 18.8.